The fourth-order valence-corrected chi connectivity index (χ4v) is 2.02. The van der Waals surface area contributed by atoms with E-state index in [1.54, 1.807) is 0 Å². The summed E-state index contributed by atoms with van der Waals surface area (Å²) in [6, 6.07) is 8.93. The van der Waals surface area contributed by atoms with Crippen LogP contribution in [0.2, 0.25) is 0 Å². The molecule has 0 radical (unpaired) electrons. The molecule has 17 heavy (non-hydrogen) atoms. The Bertz CT molecular complexity index is 373. The molecule has 1 saturated carbocycles. The summed E-state index contributed by atoms with van der Waals surface area (Å²) in [6.45, 7) is 2.93. The summed E-state index contributed by atoms with van der Waals surface area (Å²) in [7, 11) is 0. The number of carbonyl (C=O) groups excluding carboxylic acids is 1. The predicted octanol–water partition coefficient (Wildman–Crippen LogP) is 1.85. The van der Waals surface area contributed by atoms with Gasteiger partial charge in [0.25, 0.3) is 0 Å². The molecule has 3 heteroatoms. The van der Waals surface area contributed by atoms with E-state index < -0.39 is 6.04 Å². The summed E-state index contributed by atoms with van der Waals surface area (Å²) in [4.78, 5) is 11.9. The monoisotopic (exact) mass is 232 g/mol. The van der Waals surface area contributed by atoms with Crippen LogP contribution in [0.4, 0.5) is 0 Å². The third-order valence-corrected chi connectivity index (χ3v) is 3.47. The molecule has 0 aliphatic heterocycles. The van der Waals surface area contributed by atoms with Crippen molar-refractivity contribution < 1.29 is 4.79 Å². The van der Waals surface area contributed by atoms with E-state index in [9.17, 15) is 4.79 Å². The zero-order valence-electron chi connectivity index (χ0n) is 10.2. The largest absolute Gasteiger partial charge is 0.354 e. The molecule has 1 aromatic carbocycles. The van der Waals surface area contributed by atoms with Crippen LogP contribution < -0.4 is 11.1 Å². The normalized spacial score (nSPS) is 18.5. The average molecular weight is 232 g/mol. The van der Waals surface area contributed by atoms with Gasteiger partial charge in [-0.15, -0.1) is 0 Å². The van der Waals surface area contributed by atoms with Crippen molar-refractivity contribution in [3.63, 3.8) is 0 Å². The number of hydrogen-bond acceptors (Lipinski definition) is 2. The van der Waals surface area contributed by atoms with Gasteiger partial charge in [-0.2, -0.15) is 0 Å². The molecule has 2 rings (SSSR count). The molecule has 1 aliphatic carbocycles. The molecule has 0 heterocycles. The summed E-state index contributed by atoms with van der Waals surface area (Å²) in [5.74, 6) is 1.30. The molecule has 3 nitrogen and oxygen atoms in total. The number of nitrogens with one attached hydrogen (secondary N) is 1. The van der Waals surface area contributed by atoms with E-state index in [1.165, 1.54) is 12.8 Å². The summed E-state index contributed by atoms with van der Waals surface area (Å²) >= 11 is 0. The van der Waals surface area contributed by atoms with Gasteiger partial charge in [0.2, 0.25) is 5.91 Å². The third-order valence-electron chi connectivity index (χ3n) is 3.47. The minimum absolute atomic E-state index is 0.0799. The van der Waals surface area contributed by atoms with Crippen LogP contribution in [0.15, 0.2) is 30.3 Å². The van der Waals surface area contributed by atoms with Crippen molar-refractivity contribution in [1.82, 2.24) is 5.32 Å². The highest BCUT2D eigenvalue weighted by Gasteiger charge is 2.28. The first-order valence-corrected chi connectivity index (χ1v) is 6.26. The molecule has 1 unspecified atom stereocenters. The van der Waals surface area contributed by atoms with E-state index in [-0.39, 0.29) is 5.91 Å². The Morgan fingerprint density at radius 2 is 2.06 bits per heavy atom. The van der Waals surface area contributed by atoms with Crippen molar-refractivity contribution >= 4 is 5.91 Å². The summed E-state index contributed by atoms with van der Waals surface area (Å²) in [5, 5.41) is 2.94. The molecular weight excluding hydrogens is 212 g/mol. The number of amides is 1. The smallest absolute Gasteiger partial charge is 0.241 e. The van der Waals surface area contributed by atoms with Crippen LogP contribution in [0.5, 0.6) is 0 Å². The lowest BCUT2D eigenvalue weighted by molar-refractivity contribution is -0.122. The lowest BCUT2D eigenvalue weighted by atomic mass is 10.1. The van der Waals surface area contributed by atoms with Gasteiger partial charge in [0.1, 0.15) is 6.04 Å². The predicted molar refractivity (Wildman–Crippen MR) is 68.3 cm³/mol. The summed E-state index contributed by atoms with van der Waals surface area (Å²) in [5.41, 5.74) is 6.77. The fraction of sp³-hybridized carbons (Fsp3) is 0.500. The molecular formula is C14H20N2O. The zero-order valence-corrected chi connectivity index (χ0v) is 10.2. The highest BCUT2D eigenvalue weighted by Crippen LogP contribution is 2.36. The standard InChI is InChI=1S/C14H20N2O/c1-10(11-7-8-11)9-16-14(17)13(15)12-5-3-2-4-6-12/h2-6,10-11,13H,7-9,15H2,1H3,(H,16,17)/t10?,13-/m1/s1. The quantitative estimate of drug-likeness (QED) is 0.814. The number of carbonyl (C=O) groups is 1. The van der Waals surface area contributed by atoms with Crippen LogP contribution in [0.1, 0.15) is 31.4 Å². The van der Waals surface area contributed by atoms with Gasteiger partial charge in [-0.25, -0.2) is 0 Å². The SMILES string of the molecule is CC(CNC(=O)[C@H](N)c1ccccc1)C1CC1. The maximum absolute atomic E-state index is 11.9. The zero-order chi connectivity index (χ0) is 12.3. The van der Waals surface area contributed by atoms with E-state index in [1.807, 2.05) is 30.3 Å². The molecule has 1 aromatic rings. The second-order valence-corrected chi connectivity index (χ2v) is 4.95. The molecule has 3 N–H and O–H groups in total. The Morgan fingerprint density at radius 3 is 2.65 bits per heavy atom. The molecule has 92 valence electrons. The molecule has 0 bridgehead atoms. The fourth-order valence-electron chi connectivity index (χ4n) is 2.02. The number of benzene rings is 1. The van der Waals surface area contributed by atoms with Crippen LogP contribution in [0.25, 0.3) is 0 Å². The number of nitrogens with two attached hydrogens (primary N) is 1. The first-order valence-electron chi connectivity index (χ1n) is 6.26. The van der Waals surface area contributed by atoms with Crippen molar-refractivity contribution in [3.8, 4) is 0 Å². The summed E-state index contributed by atoms with van der Waals surface area (Å²) < 4.78 is 0. The van der Waals surface area contributed by atoms with Crippen molar-refractivity contribution in [2.45, 2.75) is 25.8 Å². The second kappa shape index (κ2) is 5.32. The average Bonchev–Trinajstić information content (AvgIpc) is 3.20. The van der Waals surface area contributed by atoms with Crippen LogP contribution in [0, 0.1) is 11.8 Å². The molecule has 0 aromatic heterocycles. The first-order chi connectivity index (χ1) is 8.18. The van der Waals surface area contributed by atoms with Gasteiger partial charge >= 0.3 is 0 Å². The van der Waals surface area contributed by atoms with E-state index >= 15 is 0 Å². The van der Waals surface area contributed by atoms with Gasteiger partial charge in [0.15, 0.2) is 0 Å². The van der Waals surface area contributed by atoms with Gasteiger partial charge < -0.3 is 11.1 Å². The van der Waals surface area contributed by atoms with Crippen molar-refractivity contribution in [1.29, 1.82) is 0 Å². The van der Waals surface area contributed by atoms with Gasteiger partial charge in [-0.05, 0) is 30.2 Å². The van der Waals surface area contributed by atoms with Crippen LogP contribution in [-0.2, 0) is 4.79 Å². The molecule has 1 aliphatic rings. The maximum atomic E-state index is 11.9. The Labute approximate surface area is 102 Å². The Morgan fingerprint density at radius 1 is 1.41 bits per heavy atom. The number of rotatable bonds is 5. The molecule has 0 spiro atoms. The minimum atomic E-state index is -0.553. The first kappa shape index (κ1) is 12.1. The van der Waals surface area contributed by atoms with Crippen LogP contribution in [0.3, 0.4) is 0 Å². The number of hydrogen-bond donors (Lipinski definition) is 2. The molecule has 1 fully saturated rings. The van der Waals surface area contributed by atoms with Crippen LogP contribution >= 0.6 is 0 Å². The molecule has 0 saturated heterocycles. The highest BCUT2D eigenvalue weighted by atomic mass is 16.2. The minimum Gasteiger partial charge on any atom is -0.354 e. The second-order valence-electron chi connectivity index (χ2n) is 4.95. The van der Waals surface area contributed by atoms with Crippen molar-refractivity contribution in [3.05, 3.63) is 35.9 Å². The Balaban J connectivity index is 1.82. The third kappa shape index (κ3) is 3.30. The van der Waals surface area contributed by atoms with Gasteiger partial charge in [-0.1, -0.05) is 37.3 Å². The van der Waals surface area contributed by atoms with Gasteiger partial charge in [0, 0.05) is 6.54 Å². The topological polar surface area (TPSA) is 55.1 Å². The molecule has 1 amide bonds. The highest BCUT2D eigenvalue weighted by molar-refractivity contribution is 5.82. The van der Waals surface area contributed by atoms with E-state index in [0.29, 0.717) is 5.92 Å². The Kier molecular flexibility index (Phi) is 3.79. The lowest BCUT2D eigenvalue weighted by Crippen LogP contribution is -2.36. The van der Waals surface area contributed by atoms with E-state index in [4.69, 9.17) is 5.73 Å². The molecule has 2 atom stereocenters. The Hall–Kier alpha value is -1.35. The van der Waals surface area contributed by atoms with E-state index in [2.05, 4.69) is 12.2 Å². The maximum Gasteiger partial charge on any atom is 0.241 e. The van der Waals surface area contributed by atoms with Crippen molar-refractivity contribution in [2.24, 2.45) is 17.6 Å². The summed E-state index contributed by atoms with van der Waals surface area (Å²) in [6.07, 6.45) is 2.61. The van der Waals surface area contributed by atoms with Gasteiger partial charge in [-0.3, -0.25) is 4.79 Å². The van der Waals surface area contributed by atoms with Crippen LogP contribution in [-0.4, -0.2) is 12.5 Å². The van der Waals surface area contributed by atoms with Gasteiger partial charge in [0.05, 0.1) is 0 Å². The van der Waals surface area contributed by atoms with Crippen molar-refractivity contribution in [2.75, 3.05) is 6.54 Å². The lowest BCUT2D eigenvalue weighted by Gasteiger charge is -2.15. The van der Waals surface area contributed by atoms with E-state index in [0.717, 1.165) is 18.0 Å².